The molecule has 2 aromatic carbocycles. The van der Waals surface area contributed by atoms with Crippen molar-refractivity contribution in [2.45, 2.75) is 37.1 Å². The quantitative estimate of drug-likeness (QED) is 0.853. The highest BCUT2D eigenvalue weighted by Gasteiger charge is 2.51. The van der Waals surface area contributed by atoms with Crippen molar-refractivity contribution in [3.63, 3.8) is 0 Å². The first-order valence-electron chi connectivity index (χ1n) is 10.4. The van der Waals surface area contributed by atoms with Gasteiger partial charge >= 0.3 is 0 Å². The van der Waals surface area contributed by atoms with Crippen molar-refractivity contribution >= 4 is 17.5 Å². The van der Waals surface area contributed by atoms with E-state index in [0.717, 1.165) is 42.7 Å². The monoisotopic (exact) mass is 391 g/mol. The summed E-state index contributed by atoms with van der Waals surface area (Å²) in [5.41, 5.74) is 2.09. The molecule has 4 rings (SSSR count). The topological polar surface area (TPSA) is 52.7 Å². The normalized spacial score (nSPS) is 21.9. The molecule has 0 bridgehead atoms. The smallest absolute Gasteiger partial charge is 0.238 e. The zero-order valence-electron chi connectivity index (χ0n) is 17.2. The first-order chi connectivity index (χ1) is 14.0. The van der Waals surface area contributed by atoms with E-state index in [4.69, 9.17) is 0 Å². The van der Waals surface area contributed by atoms with Crippen molar-refractivity contribution in [2.75, 3.05) is 32.1 Å². The van der Waals surface area contributed by atoms with Gasteiger partial charge in [0, 0.05) is 32.2 Å². The second kappa shape index (κ2) is 7.99. The first-order valence-corrected chi connectivity index (χ1v) is 10.4. The molecule has 2 aliphatic rings. The van der Waals surface area contributed by atoms with Gasteiger partial charge in [0.05, 0.1) is 5.41 Å². The minimum atomic E-state index is -0.856. The Kier molecular flexibility index (Phi) is 5.41. The average Bonchev–Trinajstić information content (AvgIpc) is 2.97. The molecule has 0 unspecified atom stereocenters. The highest BCUT2D eigenvalue weighted by Crippen LogP contribution is 2.45. The lowest BCUT2D eigenvalue weighted by Gasteiger charge is -2.35. The zero-order chi connectivity index (χ0) is 20.4. The van der Waals surface area contributed by atoms with Gasteiger partial charge in [0.25, 0.3) is 0 Å². The van der Waals surface area contributed by atoms with E-state index in [9.17, 15) is 9.59 Å². The number of rotatable bonds is 5. The predicted octanol–water partition coefficient (Wildman–Crippen LogP) is 2.74. The standard InChI is InChI=1S/C24H29N3O2/c1-26(19-12-14-25-15-13-19)22(28)17-24(16-18-8-4-3-5-9-18)20-10-6-7-11-21(20)27(2)23(24)29/h3-11,19,25H,12-17H2,1-2H3/t24-/m0/s1. The zero-order valence-corrected chi connectivity index (χ0v) is 17.2. The molecule has 2 amide bonds. The summed E-state index contributed by atoms with van der Waals surface area (Å²) in [5.74, 6) is 0.0564. The molecular weight excluding hydrogens is 362 g/mol. The van der Waals surface area contributed by atoms with E-state index < -0.39 is 5.41 Å². The second-order valence-corrected chi connectivity index (χ2v) is 8.29. The molecule has 0 aromatic heterocycles. The molecule has 2 aromatic rings. The van der Waals surface area contributed by atoms with E-state index in [1.165, 1.54) is 0 Å². The van der Waals surface area contributed by atoms with E-state index in [-0.39, 0.29) is 24.3 Å². The third-order valence-corrected chi connectivity index (χ3v) is 6.55. The van der Waals surface area contributed by atoms with Crippen LogP contribution in [-0.4, -0.2) is 49.9 Å². The fraction of sp³-hybridized carbons (Fsp3) is 0.417. The van der Waals surface area contributed by atoms with Crippen molar-refractivity contribution < 1.29 is 9.59 Å². The molecule has 1 atom stereocenters. The molecule has 2 heterocycles. The van der Waals surface area contributed by atoms with Crippen LogP contribution in [0.3, 0.4) is 0 Å². The number of nitrogens with one attached hydrogen (secondary N) is 1. The van der Waals surface area contributed by atoms with E-state index in [1.54, 1.807) is 4.90 Å². The molecule has 5 heteroatoms. The average molecular weight is 392 g/mol. The Morgan fingerprint density at radius 2 is 1.76 bits per heavy atom. The molecule has 0 radical (unpaired) electrons. The number of likely N-dealkylation sites (N-methyl/N-ethyl adjacent to an activating group) is 1. The summed E-state index contributed by atoms with van der Waals surface area (Å²) in [6.45, 7) is 1.86. The summed E-state index contributed by atoms with van der Waals surface area (Å²) in [6, 6.07) is 18.2. The Labute approximate surface area is 172 Å². The highest BCUT2D eigenvalue weighted by atomic mass is 16.2. The summed E-state index contributed by atoms with van der Waals surface area (Å²) < 4.78 is 0. The lowest BCUT2D eigenvalue weighted by molar-refractivity contribution is -0.137. The van der Waals surface area contributed by atoms with Crippen LogP contribution in [0.15, 0.2) is 54.6 Å². The van der Waals surface area contributed by atoms with Crippen LogP contribution in [0.2, 0.25) is 0 Å². The molecular formula is C24H29N3O2. The van der Waals surface area contributed by atoms with Crippen LogP contribution in [0.4, 0.5) is 5.69 Å². The maximum Gasteiger partial charge on any atom is 0.238 e. The largest absolute Gasteiger partial charge is 0.343 e. The van der Waals surface area contributed by atoms with E-state index in [1.807, 2.05) is 73.6 Å². The van der Waals surface area contributed by atoms with Gasteiger partial charge in [0.15, 0.2) is 0 Å². The van der Waals surface area contributed by atoms with Gasteiger partial charge in [-0.15, -0.1) is 0 Å². The number of hydrogen-bond acceptors (Lipinski definition) is 3. The fourth-order valence-electron chi connectivity index (χ4n) is 4.85. The Balaban J connectivity index is 1.70. The third kappa shape index (κ3) is 3.55. The lowest BCUT2D eigenvalue weighted by Crippen LogP contribution is -2.48. The minimum Gasteiger partial charge on any atom is -0.343 e. The van der Waals surface area contributed by atoms with E-state index >= 15 is 0 Å². The minimum absolute atomic E-state index is 0.00890. The number of anilines is 1. The summed E-state index contributed by atoms with van der Waals surface area (Å²) in [5, 5.41) is 3.35. The van der Waals surface area contributed by atoms with Gasteiger partial charge in [-0.05, 0) is 49.5 Å². The van der Waals surface area contributed by atoms with Crippen LogP contribution in [0.25, 0.3) is 0 Å². The summed E-state index contributed by atoms with van der Waals surface area (Å²) >= 11 is 0. The van der Waals surface area contributed by atoms with Crippen molar-refractivity contribution in [1.29, 1.82) is 0 Å². The second-order valence-electron chi connectivity index (χ2n) is 8.29. The molecule has 29 heavy (non-hydrogen) atoms. The van der Waals surface area contributed by atoms with Crippen LogP contribution in [0.1, 0.15) is 30.4 Å². The van der Waals surface area contributed by atoms with Crippen LogP contribution >= 0.6 is 0 Å². The SMILES string of the molecule is CN1C(=O)[C@](CC(=O)N(C)C2CCNCC2)(Cc2ccccc2)c2ccccc21. The van der Waals surface area contributed by atoms with Crippen molar-refractivity contribution in [3.05, 3.63) is 65.7 Å². The maximum absolute atomic E-state index is 13.6. The number of benzene rings is 2. The molecule has 1 fully saturated rings. The molecule has 1 saturated heterocycles. The number of carbonyl (C=O) groups is 2. The summed E-state index contributed by atoms with van der Waals surface area (Å²) in [6.07, 6.45) is 2.64. The third-order valence-electron chi connectivity index (χ3n) is 6.55. The van der Waals surface area contributed by atoms with E-state index in [2.05, 4.69) is 5.32 Å². The number of carbonyl (C=O) groups excluding carboxylic acids is 2. The van der Waals surface area contributed by atoms with Crippen LogP contribution in [0, 0.1) is 0 Å². The van der Waals surface area contributed by atoms with Gasteiger partial charge < -0.3 is 15.1 Å². The number of fused-ring (bicyclic) bond motifs is 1. The molecule has 2 aliphatic heterocycles. The van der Waals surface area contributed by atoms with Crippen LogP contribution in [0.5, 0.6) is 0 Å². The van der Waals surface area contributed by atoms with Gasteiger partial charge in [0.2, 0.25) is 11.8 Å². The van der Waals surface area contributed by atoms with Crippen molar-refractivity contribution in [1.82, 2.24) is 10.2 Å². The number of para-hydroxylation sites is 1. The van der Waals surface area contributed by atoms with Crippen molar-refractivity contribution in [2.24, 2.45) is 0 Å². The number of piperidine rings is 1. The Bertz CT molecular complexity index is 892. The maximum atomic E-state index is 13.6. The summed E-state index contributed by atoms with van der Waals surface area (Å²) in [7, 11) is 3.71. The Morgan fingerprint density at radius 3 is 2.48 bits per heavy atom. The summed E-state index contributed by atoms with van der Waals surface area (Å²) in [4.78, 5) is 30.6. The number of nitrogens with zero attached hydrogens (tertiary/aromatic N) is 2. The van der Waals surface area contributed by atoms with E-state index in [0.29, 0.717) is 6.42 Å². The van der Waals surface area contributed by atoms with Gasteiger partial charge in [0.1, 0.15) is 0 Å². The predicted molar refractivity (Wildman–Crippen MR) is 115 cm³/mol. The molecule has 0 aliphatic carbocycles. The molecule has 0 saturated carbocycles. The first kappa shape index (κ1) is 19.6. The molecule has 152 valence electrons. The molecule has 0 spiro atoms. The fourth-order valence-corrected chi connectivity index (χ4v) is 4.85. The number of hydrogen-bond donors (Lipinski definition) is 1. The Hall–Kier alpha value is -2.66. The van der Waals surface area contributed by atoms with Gasteiger partial charge in [-0.2, -0.15) is 0 Å². The highest BCUT2D eigenvalue weighted by molar-refractivity contribution is 6.09. The van der Waals surface area contributed by atoms with Gasteiger partial charge in [-0.1, -0.05) is 48.5 Å². The number of amides is 2. The van der Waals surface area contributed by atoms with Crippen molar-refractivity contribution in [3.8, 4) is 0 Å². The lowest BCUT2D eigenvalue weighted by atomic mass is 9.73. The van der Waals surface area contributed by atoms with Gasteiger partial charge in [-0.25, -0.2) is 0 Å². The molecule has 1 N–H and O–H groups in total. The van der Waals surface area contributed by atoms with Crippen LogP contribution < -0.4 is 10.2 Å². The van der Waals surface area contributed by atoms with Crippen LogP contribution in [-0.2, 0) is 21.4 Å². The van der Waals surface area contributed by atoms with Gasteiger partial charge in [-0.3, -0.25) is 9.59 Å². The molecule has 5 nitrogen and oxygen atoms in total. The Morgan fingerprint density at radius 1 is 1.10 bits per heavy atom.